The van der Waals surface area contributed by atoms with E-state index in [1.54, 1.807) is 7.11 Å². The average Bonchev–Trinajstić information content (AvgIpc) is 2.60. The third-order valence-corrected chi connectivity index (χ3v) is 3.81. The molecule has 0 aliphatic rings. The number of amides is 1. The summed E-state index contributed by atoms with van der Waals surface area (Å²) in [6, 6.07) is 15.4. The lowest BCUT2D eigenvalue weighted by molar-refractivity contribution is 0.0948. The van der Waals surface area contributed by atoms with Crippen molar-refractivity contribution in [2.24, 2.45) is 11.7 Å². The van der Waals surface area contributed by atoms with Gasteiger partial charge >= 0.3 is 0 Å². The maximum absolute atomic E-state index is 12.1. The predicted molar refractivity (Wildman–Crippen MR) is 92.5 cm³/mol. The van der Waals surface area contributed by atoms with E-state index in [0.29, 0.717) is 24.6 Å². The van der Waals surface area contributed by atoms with Gasteiger partial charge in [0.1, 0.15) is 5.75 Å². The first-order chi connectivity index (χ1) is 11.1. The second-order valence-electron chi connectivity index (χ2n) is 5.77. The van der Waals surface area contributed by atoms with Gasteiger partial charge in [-0.2, -0.15) is 0 Å². The molecule has 2 aromatic carbocycles. The number of nitrogens with two attached hydrogens (primary N) is 1. The number of hydrogen-bond donors (Lipinski definition) is 2. The molecular formula is C19H24N2O2. The SMILES string of the molecule is COc1ccc(CC(C)CNC(=O)c2ccc(CN)cc2)cc1. The van der Waals surface area contributed by atoms with Crippen LogP contribution in [0.2, 0.25) is 0 Å². The van der Waals surface area contributed by atoms with E-state index >= 15 is 0 Å². The van der Waals surface area contributed by atoms with Crippen molar-refractivity contribution in [3.63, 3.8) is 0 Å². The molecule has 23 heavy (non-hydrogen) atoms. The summed E-state index contributed by atoms with van der Waals surface area (Å²) in [6.45, 7) is 3.26. The lowest BCUT2D eigenvalue weighted by Gasteiger charge is -2.13. The molecule has 3 N–H and O–H groups in total. The van der Waals surface area contributed by atoms with Crippen molar-refractivity contribution in [1.82, 2.24) is 5.32 Å². The zero-order chi connectivity index (χ0) is 16.7. The van der Waals surface area contributed by atoms with E-state index in [4.69, 9.17) is 10.5 Å². The number of benzene rings is 2. The van der Waals surface area contributed by atoms with Crippen LogP contribution < -0.4 is 15.8 Å². The second-order valence-corrected chi connectivity index (χ2v) is 5.77. The Kier molecular flexibility index (Phi) is 6.18. The highest BCUT2D eigenvalue weighted by Crippen LogP contribution is 2.14. The van der Waals surface area contributed by atoms with Crippen LogP contribution in [0.25, 0.3) is 0 Å². The fraction of sp³-hybridized carbons (Fsp3) is 0.316. The Morgan fingerprint density at radius 3 is 2.26 bits per heavy atom. The van der Waals surface area contributed by atoms with Gasteiger partial charge in [0.25, 0.3) is 5.91 Å². The molecule has 2 rings (SSSR count). The monoisotopic (exact) mass is 312 g/mol. The summed E-state index contributed by atoms with van der Waals surface area (Å²) in [5, 5.41) is 2.98. The molecule has 0 aliphatic carbocycles. The normalized spacial score (nSPS) is 11.8. The maximum Gasteiger partial charge on any atom is 0.251 e. The van der Waals surface area contributed by atoms with Crippen molar-refractivity contribution in [3.8, 4) is 5.75 Å². The molecule has 0 aliphatic heterocycles. The Morgan fingerprint density at radius 2 is 1.70 bits per heavy atom. The summed E-state index contributed by atoms with van der Waals surface area (Å²) >= 11 is 0. The minimum atomic E-state index is -0.0462. The van der Waals surface area contributed by atoms with Gasteiger partial charge in [0.05, 0.1) is 7.11 Å². The smallest absolute Gasteiger partial charge is 0.251 e. The molecular weight excluding hydrogens is 288 g/mol. The molecule has 4 heteroatoms. The molecule has 122 valence electrons. The molecule has 0 radical (unpaired) electrons. The molecule has 0 fully saturated rings. The van der Waals surface area contributed by atoms with E-state index in [0.717, 1.165) is 17.7 Å². The van der Waals surface area contributed by atoms with Crippen LogP contribution in [-0.2, 0) is 13.0 Å². The molecule has 1 amide bonds. The van der Waals surface area contributed by atoms with Crippen LogP contribution in [0, 0.1) is 5.92 Å². The van der Waals surface area contributed by atoms with Crippen LogP contribution in [0.5, 0.6) is 5.75 Å². The number of hydrogen-bond acceptors (Lipinski definition) is 3. The topological polar surface area (TPSA) is 64.3 Å². The van der Waals surface area contributed by atoms with Crippen LogP contribution in [0.15, 0.2) is 48.5 Å². The van der Waals surface area contributed by atoms with Gasteiger partial charge in [-0.1, -0.05) is 31.2 Å². The van der Waals surface area contributed by atoms with Crippen molar-refractivity contribution in [1.29, 1.82) is 0 Å². The highest BCUT2D eigenvalue weighted by molar-refractivity contribution is 5.94. The highest BCUT2D eigenvalue weighted by atomic mass is 16.5. The lowest BCUT2D eigenvalue weighted by atomic mass is 10.0. The van der Waals surface area contributed by atoms with E-state index < -0.39 is 0 Å². The second kappa shape index (κ2) is 8.34. The molecule has 1 atom stereocenters. The largest absolute Gasteiger partial charge is 0.497 e. The van der Waals surface area contributed by atoms with E-state index in [1.165, 1.54) is 5.56 Å². The van der Waals surface area contributed by atoms with Crippen molar-refractivity contribution in [2.45, 2.75) is 19.9 Å². The first-order valence-electron chi connectivity index (χ1n) is 7.82. The predicted octanol–water partition coefficient (Wildman–Crippen LogP) is 2.76. The summed E-state index contributed by atoms with van der Waals surface area (Å²) in [5.41, 5.74) is 8.48. The molecule has 0 heterocycles. The Labute approximate surface area is 137 Å². The van der Waals surface area contributed by atoms with Gasteiger partial charge in [0.15, 0.2) is 0 Å². The van der Waals surface area contributed by atoms with Crippen molar-refractivity contribution < 1.29 is 9.53 Å². The van der Waals surface area contributed by atoms with Crippen molar-refractivity contribution >= 4 is 5.91 Å². The Morgan fingerprint density at radius 1 is 1.09 bits per heavy atom. The third kappa shape index (κ3) is 5.11. The molecule has 2 aromatic rings. The van der Waals surface area contributed by atoms with Crippen LogP contribution in [-0.4, -0.2) is 19.6 Å². The van der Waals surface area contributed by atoms with Gasteiger partial charge in [-0.25, -0.2) is 0 Å². The highest BCUT2D eigenvalue weighted by Gasteiger charge is 2.09. The lowest BCUT2D eigenvalue weighted by Crippen LogP contribution is -2.29. The van der Waals surface area contributed by atoms with Gasteiger partial charge in [-0.15, -0.1) is 0 Å². The maximum atomic E-state index is 12.1. The molecule has 0 aromatic heterocycles. The number of carbonyl (C=O) groups excluding carboxylic acids is 1. The number of rotatable bonds is 7. The Balaban J connectivity index is 1.82. The fourth-order valence-corrected chi connectivity index (χ4v) is 2.40. The van der Waals surface area contributed by atoms with Crippen molar-refractivity contribution in [2.75, 3.05) is 13.7 Å². The average molecular weight is 312 g/mol. The number of carbonyl (C=O) groups is 1. The van der Waals surface area contributed by atoms with Gasteiger partial charge in [-0.05, 0) is 47.7 Å². The van der Waals surface area contributed by atoms with Gasteiger partial charge in [0, 0.05) is 18.7 Å². The quantitative estimate of drug-likeness (QED) is 0.826. The fourth-order valence-electron chi connectivity index (χ4n) is 2.40. The van der Waals surface area contributed by atoms with Crippen LogP contribution in [0.4, 0.5) is 0 Å². The first-order valence-corrected chi connectivity index (χ1v) is 7.82. The van der Waals surface area contributed by atoms with E-state index in [1.807, 2.05) is 36.4 Å². The Hall–Kier alpha value is -2.33. The molecule has 0 saturated heterocycles. The first kappa shape index (κ1) is 17.0. The number of methoxy groups -OCH3 is 1. The van der Waals surface area contributed by atoms with Crippen molar-refractivity contribution in [3.05, 3.63) is 65.2 Å². The van der Waals surface area contributed by atoms with Crippen LogP contribution in [0.1, 0.15) is 28.4 Å². The number of ether oxygens (including phenoxy) is 1. The summed E-state index contributed by atoms with van der Waals surface area (Å²) in [5.74, 6) is 1.17. The molecule has 4 nitrogen and oxygen atoms in total. The third-order valence-electron chi connectivity index (χ3n) is 3.81. The summed E-state index contributed by atoms with van der Waals surface area (Å²) in [6.07, 6.45) is 0.913. The van der Waals surface area contributed by atoms with Crippen LogP contribution in [0.3, 0.4) is 0 Å². The van der Waals surface area contributed by atoms with Crippen LogP contribution >= 0.6 is 0 Å². The standard InChI is InChI=1S/C19H24N2O2/c1-14(11-15-5-9-18(23-2)10-6-15)13-21-19(22)17-7-3-16(12-20)4-8-17/h3-10,14H,11-13,20H2,1-2H3,(H,21,22). The molecule has 0 saturated carbocycles. The molecule has 0 spiro atoms. The zero-order valence-corrected chi connectivity index (χ0v) is 13.7. The summed E-state index contributed by atoms with van der Waals surface area (Å²) < 4.78 is 5.15. The van der Waals surface area contributed by atoms with Gasteiger partial charge < -0.3 is 15.8 Å². The van der Waals surface area contributed by atoms with E-state index in [-0.39, 0.29) is 5.91 Å². The minimum Gasteiger partial charge on any atom is -0.497 e. The molecule has 0 bridgehead atoms. The van der Waals surface area contributed by atoms with E-state index in [2.05, 4.69) is 24.4 Å². The zero-order valence-electron chi connectivity index (χ0n) is 13.7. The van der Waals surface area contributed by atoms with Gasteiger partial charge in [0.2, 0.25) is 0 Å². The summed E-state index contributed by atoms with van der Waals surface area (Å²) in [4.78, 5) is 12.1. The Bertz CT molecular complexity index is 621. The number of nitrogens with one attached hydrogen (secondary N) is 1. The minimum absolute atomic E-state index is 0.0462. The van der Waals surface area contributed by atoms with Gasteiger partial charge in [-0.3, -0.25) is 4.79 Å². The molecule has 1 unspecified atom stereocenters. The van der Waals surface area contributed by atoms with E-state index in [9.17, 15) is 4.79 Å². The summed E-state index contributed by atoms with van der Waals surface area (Å²) in [7, 11) is 1.66.